The molecule has 1 saturated carbocycles. The molecule has 1 saturated heterocycles. The van der Waals surface area contributed by atoms with Crippen molar-refractivity contribution in [2.75, 3.05) is 18.4 Å². The van der Waals surface area contributed by atoms with E-state index >= 15 is 0 Å². The van der Waals surface area contributed by atoms with Gasteiger partial charge in [0.15, 0.2) is 0 Å². The van der Waals surface area contributed by atoms with Crippen LogP contribution in [0.4, 0.5) is 5.69 Å². The second kappa shape index (κ2) is 8.22. The van der Waals surface area contributed by atoms with Crippen molar-refractivity contribution >= 4 is 11.6 Å². The largest absolute Gasteiger partial charge is 0.385 e. The fraction of sp³-hybridized carbons (Fsp3) is 0.696. The van der Waals surface area contributed by atoms with E-state index < -0.39 is 0 Å². The van der Waals surface area contributed by atoms with Crippen LogP contribution in [0.3, 0.4) is 0 Å². The SMILES string of the molecule is CC(C)N1[C@H]2CCNc3ccccc3CN(C(=O)C3CCCC3)C[C@@H]1CC2. The summed E-state index contributed by atoms with van der Waals surface area (Å²) < 4.78 is 0. The molecule has 27 heavy (non-hydrogen) atoms. The van der Waals surface area contributed by atoms with Gasteiger partial charge in [0.1, 0.15) is 0 Å². The maximum atomic E-state index is 13.4. The monoisotopic (exact) mass is 369 g/mol. The van der Waals surface area contributed by atoms with Crippen molar-refractivity contribution < 1.29 is 4.79 Å². The van der Waals surface area contributed by atoms with E-state index in [0.717, 1.165) is 32.5 Å². The van der Waals surface area contributed by atoms with Gasteiger partial charge < -0.3 is 10.2 Å². The van der Waals surface area contributed by atoms with Crippen LogP contribution in [-0.2, 0) is 11.3 Å². The zero-order chi connectivity index (χ0) is 18.8. The Morgan fingerprint density at radius 3 is 2.56 bits per heavy atom. The molecule has 2 heterocycles. The molecule has 2 aliphatic heterocycles. The van der Waals surface area contributed by atoms with Crippen LogP contribution < -0.4 is 5.32 Å². The minimum Gasteiger partial charge on any atom is -0.385 e. The summed E-state index contributed by atoms with van der Waals surface area (Å²) in [5.41, 5.74) is 2.47. The Morgan fingerprint density at radius 1 is 1.04 bits per heavy atom. The van der Waals surface area contributed by atoms with Gasteiger partial charge in [0, 0.05) is 49.4 Å². The lowest BCUT2D eigenvalue weighted by atomic mass is 10.0. The van der Waals surface area contributed by atoms with Crippen LogP contribution in [0.2, 0.25) is 0 Å². The van der Waals surface area contributed by atoms with Gasteiger partial charge in [-0.1, -0.05) is 31.0 Å². The van der Waals surface area contributed by atoms with Crippen molar-refractivity contribution in [3.63, 3.8) is 0 Å². The van der Waals surface area contributed by atoms with Crippen molar-refractivity contribution in [1.82, 2.24) is 9.80 Å². The molecule has 1 aromatic carbocycles. The molecule has 0 aromatic heterocycles. The normalized spacial score (nSPS) is 27.3. The number of fused-ring (bicyclic) bond motifs is 3. The third-order valence-electron chi connectivity index (χ3n) is 6.89. The van der Waals surface area contributed by atoms with E-state index in [2.05, 4.69) is 53.2 Å². The summed E-state index contributed by atoms with van der Waals surface area (Å²) in [5, 5.41) is 3.67. The second-order valence-corrected chi connectivity index (χ2v) is 9.00. The molecule has 4 rings (SSSR count). The predicted octanol–water partition coefficient (Wildman–Crippen LogP) is 4.26. The van der Waals surface area contributed by atoms with E-state index in [9.17, 15) is 4.79 Å². The van der Waals surface area contributed by atoms with Crippen LogP contribution in [0.15, 0.2) is 24.3 Å². The average Bonchev–Trinajstić information content (AvgIpc) is 3.30. The van der Waals surface area contributed by atoms with Crippen LogP contribution in [0.1, 0.15) is 64.4 Å². The van der Waals surface area contributed by atoms with Crippen molar-refractivity contribution in [2.24, 2.45) is 5.92 Å². The van der Waals surface area contributed by atoms with Gasteiger partial charge in [0.2, 0.25) is 5.91 Å². The number of hydrogen-bond acceptors (Lipinski definition) is 3. The highest BCUT2D eigenvalue weighted by molar-refractivity contribution is 5.79. The Labute approximate surface area is 164 Å². The molecule has 1 aromatic rings. The van der Waals surface area contributed by atoms with E-state index in [4.69, 9.17) is 0 Å². The molecular formula is C23H35N3O. The maximum absolute atomic E-state index is 13.4. The highest BCUT2D eigenvalue weighted by Gasteiger charge is 2.38. The Hall–Kier alpha value is -1.55. The molecule has 4 nitrogen and oxygen atoms in total. The first-order valence-corrected chi connectivity index (χ1v) is 11.0. The predicted molar refractivity (Wildman–Crippen MR) is 111 cm³/mol. The Bertz CT molecular complexity index is 653. The van der Waals surface area contributed by atoms with Gasteiger partial charge in [-0.05, 0) is 57.6 Å². The molecule has 2 atom stereocenters. The Kier molecular flexibility index (Phi) is 5.72. The van der Waals surface area contributed by atoms with Gasteiger partial charge in [-0.15, -0.1) is 0 Å². The molecule has 2 bridgehead atoms. The van der Waals surface area contributed by atoms with Crippen LogP contribution in [0.25, 0.3) is 0 Å². The Morgan fingerprint density at radius 2 is 1.78 bits per heavy atom. The third kappa shape index (κ3) is 4.01. The number of nitrogens with one attached hydrogen (secondary N) is 1. The summed E-state index contributed by atoms with van der Waals surface area (Å²) in [6.45, 7) is 7.27. The highest BCUT2D eigenvalue weighted by Crippen LogP contribution is 2.33. The van der Waals surface area contributed by atoms with E-state index in [-0.39, 0.29) is 5.92 Å². The first kappa shape index (κ1) is 18.8. The first-order valence-electron chi connectivity index (χ1n) is 11.0. The summed E-state index contributed by atoms with van der Waals surface area (Å²) in [6, 6.07) is 10.2. The lowest BCUT2D eigenvalue weighted by Gasteiger charge is -2.37. The number of hydrogen-bond donors (Lipinski definition) is 1. The standard InChI is InChI=1S/C23H35N3O/c1-17(2)26-20-11-12-21(26)16-25(23(27)18-7-3-4-8-18)15-19-9-5-6-10-22(19)24-14-13-20/h5-6,9-10,17-18,20-21,24H,3-4,7-8,11-16H2,1-2H3/t20-,21+/m1/s1. The molecular weight excluding hydrogens is 334 g/mol. The van der Waals surface area contributed by atoms with E-state index in [1.807, 2.05) is 0 Å². The zero-order valence-electron chi connectivity index (χ0n) is 17.0. The smallest absolute Gasteiger partial charge is 0.226 e. The molecule has 3 aliphatic rings. The Balaban J connectivity index is 1.64. The van der Waals surface area contributed by atoms with Gasteiger partial charge in [-0.2, -0.15) is 0 Å². The molecule has 2 fully saturated rings. The summed E-state index contributed by atoms with van der Waals surface area (Å²) in [5.74, 6) is 0.647. The third-order valence-corrected chi connectivity index (χ3v) is 6.89. The number of rotatable bonds is 2. The van der Waals surface area contributed by atoms with Gasteiger partial charge >= 0.3 is 0 Å². The summed E-state index contributed by atoms with van der Waals surface area (Å²) in [4.78, 5) is 18.3. The van der Waals surface area contributed by atoms with Crippen molar-refractivity contribution in [3.8, 4) is 0 Å². The summed E-state index contributed by atoms with van der Waals surface area (Å²) in [7, 11) is 0. The number of anilines is 1. The van der Waals surface area contributed by atoms with Crippen LogP contribution in [0.5, 0.6) is 0 Å². The van der Waals surface area contributed by atoms with Crippen LogP contribution in [-0.4, -0.2) is 46.9 Å². The topological polar surface area (TPSA) is 35.6 Å². The van der Waals surface area contributed by atoms with Crippen LogP contribution >= 0.6 is 0 Å². The zero-order valence-corrected chi connectivity index (χ0v) is 17.0. The first-order chi connectivity index (χ1) is 13.1. The van der Waals surface area contributed by atoms with Crippen molar-refractivity contribution in [1.29, 1.82) is 0 Å². The van der Waals surface area contributed by atoms with Gasteiger partial charge in [0.25, 0.3) is 0 Å². The van der Waals surface area contributed by atoms with Crippen LogP contribution in [0, 0.1) is 5.92 Å². The second-order valence-electron chi connectivity index (χ2n) is 9.00. The molecule has 0 unspecified atom stereocenters. The number of nitrogens with zero attached hydrogens (tertiary/aromatic N) is 2. The fourth-order valence-corrected chi connectivity index (χ4v) is 5.63. The molecule has 148 valence electrons. The number of benzene rings is 1. The van der Waals surface area contributed by atoms with Gasteiger partial charge in [-0.25, -0.2) is 0 Å². The molecule has 4 heteroatoms. The lowest BCUT2D eigenvalue weighted by molar-refractivity contribution is -0.137. The minimum absolute atomic E-state index is 0.250. The van der Waals surface area contributed by atoms with Gasteiger partial charge in [-0.3, -0.25) is 9.69 Å². The maximum Gasteiger partial charge on any atom is 0.226 e. The molecule has 1 aliphatic carbocycles. The summed E-state index contributed by atoms with van der Waals surface area (Å²) in [6.07, 6.45) is 8.25. The molecule has 1 N–H and O–H groups in total. The van der Waals surface area contributed by atoms with Gasteiger partial charge in [0.05, 0.1) is 0 Å². The number of amides is 1. The lowest BCUT2D eigenvalue weighted by Crippen LogP contribution is -2.48. The summed E-state index contributed by atoms with van der Waals surface area (Å²) >= 11 is 0. The van der Waals surface area contributed by atoms with E-state index in [1.54, 1.807) is 0 Å². The number of para-hydroxylation sites is 1. The van der Waals surface area contributed by atoms with Crippen molar-refractivity contribution in [3.05, 3.63) is 29.8 Å². The molecule has 0 radical (unpaired) electrons. The molecule has 0 spiro atoms. The minimum atomic E-state index is 0.250. The number of carbonyl (C=O) groups excluding carboxylic acids is 1. The fourth-order valence-electron chi connectivity index (χ4n) is 5.63. The molecule has 1 amide bonds. The number of carbonyl (C=O) groups is 1. The average molecular weight is 370 g/mol. The quantitative estimate of drug-likeness (QED) is 0.846. The van der Waals surface area contributed by atoms with Crippen molar-refractivity contribution in [2.45, 2.75) is 83.5 Å². The van der Waals surface area contributed by atoms with E-state index in [1.165, 1.54) is 43.4 Å². The van der Waals surface area contributed by atoms with E-state index in [0.29, 0.717) is 24.0 Å². The highest BCUT2D eigenvalue weighted by atomic mass is 16.2.